The van der Waals surface area contributed by atoms with Crippen LogP contribution in [-0.4, -0.2) is 25.8 Å². The summed E-state index contributed by atoms with van der Waals surface area (Å²) >= 11 is 11.9. The number of rotatable bonds is 6. The molecule has 0 amide bonds. The Hall–Kier alpha value is -3.42. The molecule has 1 aromatic carbocycles. The maximum Gasteiger partial charge on any atom is 0.174 e. The van der Waals surface area contributed by atoms with Gasteiger partial charge in [-0.25, -0.2) is 4.98 Å². The zero-order valence-corrected chi connectivity index (χ0v) is 20.4. The van der Waals surface area contributed by atoms with Crippen LogP contribution in [0.4, 0.5) is 5.69 Å². The summed E-state index contributed by atoms with van der Waals surface area (Å²) in [7, 11) is 0. The number of pyridine rings is 2. The van der Waals surface area contributed by atoms with Gasteiger partial charge in [0, 0.05) is 30.0 Å². The first-order valence-corrected chi connectivity index (χ1v) is 11.9. The minimum absolute atomic E-state index is 0.108. The predicted octanol–water partition coefficient (Wildman–Crippen LogP) is 5.89. The summed E-state index contributed by atoms with van der Waals surface area (Å²) < 4.78 is 7.90. The Balaban J connectivity index is 1.60. The molecule has 4 heterocycles. The van der Waals surface area contributed by atoms with Gasteiger partial charge in [0.05, 0.1) is 22.9 Å². The van der Waals surface area contributed by atoms with Crippen LogP contribution in [0.5, 0.6) is 5.75 Å². The standard InChI is InChI=1S/C26H24ClN5OS/c1-17(2)33-20-11-9-19(10-12-20)32-25(24(30-26(32)34)21-6-3-4-14-28-21)22-7-5-15-31(22)23-13-8-18(27)16-29-23/h3-17,24-25H,1-2H3,(H,30,34). The SMILES string of the molecule is CC(C)Oc1ccc(N2C(=S)NC(c3ccccn3)C2c2cccn2-c2ccc(Cl)cn2)cc1. The second kappa shape index (κ2) is 9.44. The zero-order chi connectivity index (χ0) is 23.7. The summed E-state index contributed by atoms with van der Waals surface area (Å²) in [6, 6.07) is 21.5. The van der Waals surface area contributed by atoms with Gasteiger partial charge in [0.1, 0.15) is 17.6 Å². The van der Waals surface area contributed by atoms with Crippen LogP contribution >= 0.6 is 23.8 Å². The highest BCUT2D eigenvalue weighted by Gasteiger charge is 2.42. The average molecular weight is 490 g/mol. The van der Waals surface area contributed by atoms with Crippen LogP contribution in [0, 0.1) is 0 Å². The molecular formula is C26H24ClN5OS. The molecule has 1 aliphatic heterocycles. The van der Waals surface area contributed by atoms with Crippen molar-refractivity contribution in [3.05, 3.63) is 102 Å². The molecule has 1 N–H and O–H groups in total. The van der Waals surface area contributed by atoms with Crippen LogP contribution in [0.25, 0.3) is 5.82 Å². The van der Waals surface area contributed by atoms with Crippen LogP contribution in [0.15, 0.2) is 85.3 Å². The minimum Gasteiger partial charge on any atom is -0.491 e. The molecule has 3 aromatic heterocycles. The van der Waals surface area contributed by atoms with Crippen LogP contribution in [0.1, 0.15) is 37.3 Å². The van der Waals surface area contributed by atoms with Crippen molar-refractivity contribution >= 4 is 34.6 Å². The molecule has 0 saturated carbocycles. The molecule has 5 rings (SSSR count). The number of anilines is 1. The first kappa shape index (κ1) is 22.4. The van der Waals surface area contributed by atoms with Crippen molar-refractivity contribution < 1.29 is 4.74 Å². The van der Waals surface area contributed by atoms with Gasteiger partial charge in [0.25, 0.3) is 0 Å². The van der Waals surface area contributed by atoms with Crippen molar-refractivity contribution in [3.63, 3.8) is 0 Å². The van der Waals surface area contributed by atoms with Crippen molar-refractivity contribution in [1.29, 1.82) is 0 Å². The zero-order valence-electron chi connectivity index (χ0n) is 18.8. The van der Waals surface area contributed by atoms with Gasteiger partial charge in [0.15, 0.2) is 5.11 Å². The van der Waals surface area contributed by atoms with Crippen molar-refractivity contribution in [2.45, 2.75) is 32.0 Å². The monoisotopic (exact) mass is 489 g/mol. The Kier molecular flexibility index (Phi) is 6.22. The minimum atomic E-state index is -0.160. The molecule has 0 spiro atoms. The summed E-state index contributed by atoms with van der Waals surface area (Å²) in [5.41, 5.74) is 2.91. The summed E-state index contributed by atoms with van der Waals surface area (Å²) in [5.74, 6) is 1.60. The molecule has 0 radical (unpaired) electrons. The van der Waals surface area contributed by atoms with Crippen molar-refractivity contribution in [2.24, 2.45) is 0 Å². The lowest BCUT2D eigenvalue weighted by molar-refractivity contribution is 0.242. The summed E-state index contributed by atoms with van der Waals surface area (Å²) in [6.07, 6.45) is 5.56. The van der Waals surface area contributed by atoms with E-state index in [1.165, 1.54) is 0 Å². The smallest absolute Gasteiger partial charge is 0.174 e. The lowest BCUT2D eigenvalue weighted by Gasteiger charge is -2.29. The number of benzene rings is 1. The third-order valence-corrected chi connectivity index (χ3v) is 6.16. The third kappa shape index (κ3) is 4.36. The van der Waals surface area contributed by atoms with Gasteiger partial charge >= 0.3 is 0 Å². The number of ether oxygens (including phenoxy) is 1. The molecule has 2 unspecified atom stereocenters. The molecule has 1 aliphatic rings. The number of halogens is 1. The Morgan fingerprint density at radius 2 is 1.82 bits per heavy atom. The summed E-state index contributed by atoms with van der Waals surface area (Å²) in [5, 5.41) is 4.73. The maximum absolute atomic E-state index is 6.08. The molecule has 1 fully saturated rings. The molecule has 34 heavy (non-hydrogen) atoms. The highest BCUT2D eigenvalue weighted by atomic mass is 35.5. The fraction of sp³-hybridized carbons (Fsp3) is 0.192. The van der Waals surface area contributed by atoms with Crippen molar-refractivity contribution in [3.8, 4) is 11.6 Å². The van der Waals surface area contributed by atoms with E-state index in [1.807, 2.05) is 80.7 Å². The Labute approximate surface area is 209 Å². The average Bonchev–Trinajstić information content (AvgIpc) is 3.45. The molecule has 6 nitrogen and oxygen atoms in total. The van der Waals surface area contributed by atoms with Crippen LogP contribution in [0.3, 0.4) is 0 Å². The lowest BCUT2D eigenvalue weighted by atomic mass is 10.0. The maximum atomic E-state index is 6.08. The van der Waals surface area contributed by atoms with E-state index in [0.717, 1.165) is 28.6 Å². The first-order valence-electron chi connectivity index (χ1n) is 11.1. The second-order valence-electron chi connectivity index (χ2n) is 8.29. The Morgan fingerprint density at radius 1 is 1.00 bits per heavy atom. The normalized spacial score (nSPS) is 17.8. The van der Waals surface area contributed by atoms with E-state index in [1.54, 1.807) is 12.4 Å². The number of nitrogens with zero attached hydrogens (tertiary/aromatic N) is 4. The number of hydrogen-bond donors (Lipinski definition) is 1. The predicted molar refractivity (Wildman–Crippen MR) is 139 cm³/mol. The van der Waals surface area contributed by atoms with E-state index in [-0.39, 0.29) is 18.2 Å². The van der Waals surface area contributed by atoms with Gasteiger partial charge in [-0.1, -0.05) is 17.7 Å². The van der Waals surface area contributed by atoms with Gasteiger partial charge in [-0.3, -0.25) is 4.98 Å². The van der Waals surface area contributed by atoms with E-state index in [4.69, 9.17) is 28.6 Å². The second-order valence-corrected chi connectivity index (χ2v) is 9.12. The molecule has 2 atom stereocenters. The van der Waals surface area contributed by atoms with Crippen LogP contribution in [-0.2, 0) is 0 Å². The van der Waals surface area contributed by atoms with Crippen LogP contribution < -0.4 is 15.0 Å². The fourth-order valence-corrected chi connectivity index (χ4v) is 4.70. The van der Waals surface area contributed by atoms with Crippen LogP contribution in [0.2, 0.25) is 5.02 Å². The molecule has 1 saturated heterocycles. The number of hydrogen-bond acceptors (Lipinski definition) is 4. The molecular weight excluding hydrogens is 466 g/mol. The molecule has 8 heteroatoms. The van der Waals surface area contributed by atoms with Gasteiger partial charge in [-0.05, 0) is 86.7 Å². The van der Waals surface area contributed by atoms with E-state index >= 15 is 0 Å². The molecule has 0 bridgehead atoms. The lowest BCUT2D eigenvalue weighted by Crippen LogP contribution is -2.30. The quantitative estimate of drug-likeness (QED) is 0.341. The highest BCUT2D eigenvalue weighted by Crippen LogP contribution is 2.42. The number of aromatic nitrogens is 3. The summed E-state index contributed by atoms with van der Waals surface area (Å²) in [4.78, 5) is 11.3. The highest BCUT2D eigenvalue weighted by molar-refractivity contribution is 7.80. The van der Waals surface area contributed by atoms with E-state index in [0.29, 0.717) is 10.1 Å². The topological polar surface area (TPSA) is 55.2 Å². The van der Waals surface area contributed by atoms with Gasteiger partial charge in [0.2, 0.25) is 0 Å². The fourth-order valence-electron chi connectivity index (χ4n) is 4.25. The van der Waals surface area contributed by atoms with Gasteiger partial charge < -0.3 is 19.5 Å². The van der Waals surface area contributed by atoms with Crippen molar-refractivity contribution in [2.75, 3.05) is 4.90 Å². The van der Waals surface area contributed by atoms with Gasteiger partial charge in [-0.15, -0.1) is 0 Å². The first-order chi connectivity index (χ1) is 16.5. The largest absolute Gasteiger partial charge is 0.491 e. The van der Waals surface area contributed by atoms with E-state index < -0.39 is 0 Å². The van der Waals surface area contributed by atoms with Gasteiger partial charge in [-0.2, -0.15) is 0 Å². The Morgan fingerprint density at radius 3 is 2.50 bits per heavy atom. The summed E-state index contributed by atoms with van der Waals surface area (Å²) in [6.45, 7) is 4.03. The van der Waals surface area contributed by atoms with E-state index in [2.05, 4.69) is 30.8 Å². The molecule has 4 aromatic rings. The number of thiocarbonyl (C=S) groups is 1. The van der Waals surface area contributed by atoms with Crippen molar-refractivity contribution in [1.82, 2.24) is 19.9 Å². The number of nitrogens with one attached hydrogen (secondary N) is 1. The third-order valence-electron chi connectivity index (χ3n) is 5.63. The van der Waals surface area contributed by atoms with E-state index in [9.17, 15) is 0 Å². The molecule has 172 valence electrons. The Bertz CT molecular complexity index is 1270. The molecule has 0 aliphatic carbocycles.